The number of piperidine rings is 1. The quantitative estimate of drug-likeness (QED) is 0.362. The maximum Gasteiger partial charge on any atom is 0.346 e. The highest BCUT2D eigenvalue weighted by Crippen LogP contribution is 2.49. The summed E-state index contributed by atoms with van der Waals surface area (Å²) in [6.45, 7) is 5.92. The average molecular weight is 537 g/mol. The van der Waals surface area contributed by atoms with E-state index in [1.54, 1.807) is 12.3 Å². The number of para-hydroxylation sites is 1. The van der Waals surface area contributed by atoms with E-state index >= 15 is 0 Å². The van der Waals surface area contributed by atoms with Crippen LogP contribution in [0, 0.1) is 0 Å². The van der Waals surface area contributed by atoms with Gasteiger partial charge in [0.1, 0.15) is 21.8 Å². The van der Waals surface area contributed by atoms with E-state index in [1.165, 1.54) is 23.3 Å². The summed E-state index contributed by atoms with van der Waals surface area (Å²) in [5.74, 6) is 0.942. The first-order chi connectivity index (χ1) is 18.5. The maximum absolute atomic E-state index is 11.5. The minimum absolute atomic E-state index is 0.162. The number of aromatic carboxylic acids is 1. The SMILES string of the molecule is CC1(c2cocn2)Oc2cccc(C3CCN(Cc4nc5sc(C(=O)O)cc5n4CC4CCO4)CC3)c2O1. The molecular formula is C27H28N4O6S. The second kappa shape index (κ2) is 9.11. The largest absolute Gasteiger partial charge is 0.477 e. The van der Waals surface area contributed by atoms with Gasteiger partial charge >= 0.3 is 5.97 Å². The van der Waals surface area contributed by atoms with Crippen molar-refractivity contribution in [3.05, 3.63) is 58.9 Å². The molecule has 3 aliphatic heterocycles. The van der Waals surface area contributed by atoms with E-state index in [-0.39, 0.29) is 6.10 Å². The number of oxazole rings is 1. The summed E-state index contributed by atoms with van der Waals surface area (Å²) in [5, 5.41) is 9.44. The molecule has 2 unspecified atom stereocenters. The lowest BCUT2D eigenvalue weighted by Gasteiger charge is -2.33. The Bertz CT molecular complexity index is 1480. The highest BCUT2D eigenvalue weighted by atomic mass is 32.1. The first-order valence-electron chi connectivity index (χ1n) is 12.9. The van der Waals surface area contributed by atoms with Crippen molar-refractivity contribution in [3.63, 3.8) is 0 Å². The molecule has 0 aliphatic carbocycles. The highest BCUT2D eigenvalue weighted by Gasteiger charge is 2.43. The molecule has 2 atom stereocenters. The van der Waals surface area contributed by atoms with Crippen molar-refractivity contribution in [1.29, 1.82) is 0 Å². The molecule has 10 nitrogen and oxygen atoms in total. The van der Waals surface area contributed by atoms with Crippen LogP contribution in [0.3, 0.4) is 0 Å². The van der Waals surface area contributed by atoms with Gasteiger partial charge in [0.2, 0.25) is 0 Å². The molecule has 2 saturated heterocycles. The van der Waals surface area contributed by atoms with E-state index in [4.69, 9.17) is 23.6 Å². The molecule has 198 valence electrons. The van der Waals surface area contributed by atoms with Gasteiger partial charge in [-0.3, -0.25) is 4.90 Å². The van der Waals surface area contributed by atoms with Crippen molar-refractivity contribution >= 4 is 27.7 Å². The van der Waals surface area contributed by atoms with Gasteiger partial charge in [0.05, 0.1) is 24.7 Å². The van der Waals surface area contributed by atoms with Crippen molar-refractivity contribution < 1.29 is 28.5 Å². The number of fused-ring (bicyclic) bond motifs is 2. The second-order valence-electron chi connectivity index (χ2n) is 10.3. The first-order valence-corrected chi connectivity index (χ1v) is 13.7. The van der Waals surface area contributed by atoms with Crippen LogP contribution in [0.1, 0.15) is 58.9 Å². The van der Waals surface area contributed by atoms with Gasteiger partial charge in [0, 0.05) is 19.1 Å². The monoisotopic (exact) mass is 536 g/mol. The molecule has 0 amide bonds. The van der Waals surface area contributed by atoms with Crippen LogP contribution in [-0.4, -0.2) is 56.3 Å². The third kappa shape index (κ3) is 4.05. The molecule has 3 aromatic heterocycles. The zero-order valence-electron chi connectivity index (χ0n) is 21.0. The molecule has 2 fully saturated rings. The number of carboxylic acids is 1. The minimum atomic E-state index is -0.999. The van der Waals surface area contributed by atoms with E-state index in [1.807, 2.05) is 19.1 Å². The summed E-state index contributed by atoms with van der Waals surface area (Å²) in [5.41, 5.74) is 2.66. The summed E-state index contributed by atoms with van der Waals surface area (Å²) >= 11 is 1.24. The molecule has 0 radical (unpaired) electrons. The topological polar surface area (TPSA) is 112 Å². The van der Waals surface area contributed by atoms with E-state index in [9.17, 15) is 9.90 Å². The maximum atomic E-state index is 11.5. The number of thiophene rings is 1. The Labute approximate surface area is 222 Å². The Balaban J connectivity index is 1.07. The number of likely N-dealkylation sites (tertiary alicyclic amines) is 1. The second-order valence-corrected chi connectivity index (χ2v) is 11.3. The van der Waals surface area contributed by atoms with Crippen molar-refractivity contribution in [1.82, 2.24) is 19.4 Å². The zero-order chi connectivity index (χ0) is 25.9. The van der Waals surface area contributed by atoms with Crippen LogP contribution < -0.4 is 9.47 Å². The number of ether oxygens (including phenoxy) is 3. The van der Waals surface area contributed by atoms with Gasteiger partial charge in [-0.1, -0.05) is 12.1 Å². The average Bonchev–Trinajstić information content (AvgIpc) is 3.65. The number of nitrogens with zero attached hydrogens (tertiary/aromatic N) is 4. The predicted molar refractivity (Wildman–Crippen MR) is 138 cm³/mol. The Morgan fingerprint density at radius 1 is 1.24 bits per heavy atom. The van der Waals surface area contributed by atoms with Crippen LogP contribution in [0.25, 0.3) is 10.3 Å². The molecule has 0 saturated carbocycles. The number of hydrogen-bond acceptors (Lipinski definition) is 9. The van der Waals surface area contributed by atoms with E-state index in [0.29, 0.717) is 23.0 Å². The molecule has 7 rings (SSSR count). The minimum Gasteiger partial charge on any atom is -0.477 e. The fraction of sp³-hybridized carbons (Fsp3) is 0.444. The number of aromatic nitrogens is 3. The lowest BCUT2D eigenvalue weighted by molar-refractivity contribution is -0.0722. The first kappa shape index (κ1) is 23.7. The Morgan fingerprint density at radius 3 is 2.79 bits per heavy atom. The third-order valence-corrected chi connectivity index (χ3v) is 8.82. The summed E-state index contributed by atoms with van der Waals surface area (Å²) in [6, 6.07) is 7.84. The van der Waals surface area contributed by atoms with Gasteiger partial charge in [-0.25, -0.2) is 14.8 Å². The van der Waals surface area contributed by atoms with Crippen LogP contribution in [0.15, 0.2) is 41.3 Å². The van der Waals surface area contributed by atoms with Crippen molar-refractivity contribution in [3.8, 4) is 11.5 Å². The van der Waals surface area contributed by atoms with Crippen LogP contribution >= 0.6 is 11.3 Å². The normalized spacial score (nSPS) is 23.7. The summed E-state index contributed by atoms with van der Waals surface area (Å²) in [4.78, 5) is 24.1. The Morgan fingerprint density at radius 2 is 2.08 bits per heavy atom. The predicted octanol–water partition coefficient (Wildman–Crippen LogP) is 4.60. The van der Waals surface area contributed by atoms with Gasteiger partial charge in [-0.05, 0) is 50.4 Å². The molecule has 11 heteroatoms. The molecule has 0 bridgehead atoms. The third-order valence-electron chi connectivity index (χ3n) is 7.82. The zero-order valence-corrected chi connectivity index (χ0v) is 21.8. The number of carboxylic acid groups (broad SMARTS) is 1. The van der Waals surface area contributed by atoms with Gasteiger partial charge in [-0.2, -0.15) is 0 Å². The summed E-state index contributed by atoms with van der Waals surface area (Å²) in [6.07, 6.45) is 6.10. The lowest BCUT2D eigenvalue weighted by atomic mass is 9.88. The van der Waals surface area contributed by atoms with E-state index < -0.39 is 11.8 Å². The summed E-state index contributed by atoms with van der Waals surface area (Å²) < 4.78 is 25.5. The van der Waals surface area contributed by atoms with Gasteiger partial charge in [-0.15, -0.1) is 11.3 Å². The molecule has 1 aromatic carbocycles. The van der Waals surface area contributed by atoms with E-state index in [2.05, 4.69) is 20.5 Å². The summed E-state index contributed by atoms with van der Waals surface area (Å²) in [7, 11) is 0. The molecule has 3 aliphatic rings. The van der Waals surface area contributed by atoms with Crippen LogP contribution in [0.5, 0.6) is 11.5 Å². The number of imidazole rings is 1. The smallest absolute Gasteiger partial charge is 0.346 e. The standard InChI is InChI=1S/C27H28N4O6S/c1-27(22-14-34-15-28-22)36-20-4-2-3-18(24(20)37-27)16-5-8-30(9-6-16)13-23-29-25-19(11-21(38-25)26(32)33)31(23)12-17-7-10-35-17/h2-4,11,14-17H,5-10,12-13H2,1H3,(H,32,33). The lowest BCUT2D eigenvalue weighted by Crippen LogP contribution is -2.35. The molecular weight excluding hydrogens is 508 g/mol. The van der Waals surface area contributed by atoms with Crippen LogP contribution in [-0.2, 0) is 23.6 Å². The Hall–Kier alpha value is -3.41. The van der Waals surface area contributed by atoms with Gasteiger partial charge < -0.3 is 28.3 Å². The Kier molecular flexibility index (Phi) is 5.68. The van der Waals surface area contributed by atoms with E-state index in [0.717, 1.165) is 73.2 Å². The highest BCUT2D eigenvalue weighted by molar-refractivity contribution is 7.20. The van der Waals surface area contributed by atoms with Crippen LogP contribution in [0.4, 0.5) is 0 Å². The van der Waals surface area contributed by atoms with Crippen molar-refractivity contribution in [2.45, 2.75) is 57.1 Å². The van der Waals surface area contributed by atoms with Crippen LogP contribution in [0.2, 0.25) is 0 Å². The number of hydrogen-bond donors (Lipinski definition) is 1. The van der Waals surface area contributed by atoms with Crippen molar-refractivity contribution in [2.75, 3.05) is 19.7 Å². The number of carbonyl (C=O) groups is 1. The molecule has 38 heavy (non-hydrogen) atoms. The molecule has 1 N–H and O–H groups in total. The van der Waals surface area contributed by atoms with Gasteiger partial charge in [0.15, 0.2) is 23.6 Å². The number of benzene rings is 1. The molecule has 4 aromatic rings. The fourth-order valence-electron chi connectivity index (χ4n) is 5.64. The fourth-order valence-corrected chi connectivity index (χ4v) is 6.53. The van der Waals surface area contributed by atoms with Crippen molar-refractivity contribution in [2.24, 2.45) is 0 Å². The number of rotatable bonds is 7. The molecule has 6 heterocycles. The molecule has 0 spiro atoms. The van der Waals surface area contributed by atoms with Gasteiger partial charge in [0.25, 0.3) is 5.79 Å².